The van der Waals surface area contributed by atoms with Crippen molar-refractivity contribution < 1.29 is 19.1 Å². The normalized spacial score (nSPS) is 11.1. The fourth-order valence-corrected chi connectivity index (χ4v) is 24.0. The van der Waals surface area contributed by atoms with Crippen LogP contribution in [-0.2, 0) is 0 Å². The van der Waals surface area contributed by atoms with E-state index in [1.807, 2.05) is 13.8 Å². The van der Waals surface area contributed by atoms with Gasteiger partial charge < -0.3 is 0 Å². The third-order valence-electron chi connectivity index (χ3n) is 9.61. The summed E-state index contributed by atoms with van der Waals surface area (Å²) < 4.78 is 16.2. The molecule has 0 aliphatic heterocycles. The Morgan fingerprint density at radius 1 is 0.420 bits per heavy atom. The molecule has 0 saturated carbocycles. The van der Waals surface area contributed by atoms with Crippen LogP contribution in [-0.4, -0.2) is 50.0 Å². The maximum atomic E-state index is 13.3. The van der Waals surface area contributed by atoms with Crippen molar-refractivity contribution in [2.24, 2.45) is 0 Å². The summed E-state index contributed by atoms with van der Waals surface area (Å²) in [6.45, 7) is 3.93. The minimum absolute atomic E-state index is 0.0356. The summed E-state index contributed by atoms with van der Waals surface area (Å²) in [6.07, 6.45) is 0. The van der Waals surface area contributed by atoms with E-state index in [0.29, 0.717) is 33.1 Å². The summed E-state index contributed by atoms with van der Waals surface area (Å²) in [5.41, 5.74) is 1.21. The second-order valence-corrected chi connectivity index (χ2v) is 29.5. The number of rotatable bonds is 12. The SMILES string of the molecule is C[CH2][Ge]([CH2]C)([C](=O)c1ccc(OC)cc1)[C](=O)c1ccc(OC)cc1.c1cc[c]([Ge]([c]2ccccc2)([c]2ccccc2)[c]2ccccc2)cc1. The molecule has 0 amide bonds. The molecule has 4 nitrogen and oxygen atoms in total. The van der Waals surface area contributed by atoms with Gasteiger partial charge in [0, 0.05) is 0 Å². The molecule has 0 spiro atoms. The molecule has 0 heterocycles. The molecule has 6 aromatic carbocycles. The molecule has 0 atom stereocenters. The van der Waals surface area contributed by atoms with E-state index in [9.17, 15) is 9.59 Å². The Balaban J connectivity index is 0.000000194. The van der Waals surface area contributed by atoms with E-state index < -0.39 is 26.5 Å². The van der Waals surface area contributed by atoms with E-state index in [-0.39, 0.29) is 9.23 Å². The van der Waals surface area contributed by atoms with Crippen LogP contribution in [0.25, 0.3) is 0 Å². The molecule has 0 aliphatic carbocycles. The Bertz CT molecular complexity index is 1720. The third kappa shape index (κ3) is 7.57. The zero-order valence-electron chi connectivity index (χ0n) is 29.2. The summed E-state index contributed by atoms with van der Waals surface area (Å²) in [5.74, 6) is 1.40. The van der Waals surface area contributed by atoms with Crippen LogP contribution in [0.2, 0.25) is 10.5 Å². The van der Waals surface area contributed by atoms with E-state index >= 15 is 0 Å². The van der Waals surface area contributed by atoms with Crippen molar-refractivity contribution in [1.29, 1.82) is 0 Å². The summed E-state index contributed by atoms with van der Waals surface area (Å²) >= 11 is -6.46. The fraction of sp³-hybridized carbons (Fsp3) is 0.136. The molecule has 0 fully saturated rings. The van der Waals surface area contributed by atoms with Gasteiger partial charge in [0.05, 0.1) is 0 Å². The van der Waals surface area contributed by atoms with Gasteiger partial charge in [-0.2, -0.15) is 0 Å². The van der Waals surface area contributed by atoms with Crippen molar-refractivity contribution in [2.45, 2.75) is 24.4 Å². The van der Waals surface area contributed by atoms with E-state index in [1.54, 1.807) is 62.8 Å². The summed E-state index contributed by atoms with van der Waals surface area (Å²) in [5, 5.41) is 1.26. The molecule has 6 aromatic rings. The van der Waals surface area contributed by atoms with E-state index in [2.05, 4.69) is 121 Å². The van der Waals surface area contributed by atoms with Gasteiger partial charge >= 0.3 is 303 Å². The molecule has 0 N–H and O–H groups in total. The van der Waals surface area contributed by atoms with Crippen LogP contribution in [0.3, 0.4) is 0 Å². The predicted octanol–water partition coefficient (Wildman–Crippen LogP) is 7.40. The van der Waals surface area contributed by atoms with Crippen molar-refractivity contribution >= 4 is 53.3 Å². The molecule has 6 rings (SSSR count). The predicted molar refractivity (Wildman–Crippen MR) is 211 cm³/mol. The molecule has 0 unspecified atom stereocenters. The Labute approximate surface area is 301 Å². The molecule has 252 valence electrons. The van der Waals surface area contributed by atoms with Gasteiger partial charge in [0.25, 0.3) is 0 Å². The van der Waals surface area contributed by atoms with Crippen LogP contribution in [0.5, 0.6) is 11.5 Å². The third-order valence-corrected chi connectivity index (χ3v) is 29.6. The average Bonchev–Trinajstić information content (AvgIpc) is 3.21. The Morgan fingerprint density at radius 2 is 0.680 bits per heavy atom. The Hall–Kier alpha value is -4.65. The van der Waals surface area contributed by atoms with Crippen molar-refractivity contribution in [3.05, 3.63) is 181 Å². The molecule has 0 aromatic heterocycles. The van der Waals surface area contributed by atoms with Gasteiger partial charge in [-0.15, -0.1) is 0 Å². The van der Waals surface area contributed by atoms with Crippen LogP contribution in [0.15, 0.2) is 170 Å². The molecule has 50 heavy (non-hydrogen) atoms. The van der Waals surface area contributed by atoms with Crippen molar-refractivity contribution in [2.75, 3.05) is 14.2 Å². The van der Waals surface area contributed by atoms with Crippen LogP contribution >= 0.6 is 0 Å². The first kappa shape index (κ1) is 36.6. The molecule has 0 radical (unpaired) electrons. The molecular formula is C44H44Ge2O4. The van der Waals surface area contributed by atoms with E-state index in [0.717, 1.165) is 0 Å². The van der Waals surface area contributed by atoms with Crippen LogP contribution in [0, 0.1) is 0 Å². The standard InChI is InChI=1S/C24H20Ge.C20H24GeO4/c1-5-13-21(14-6-1)25(22-15-7-2-8-16-22,23-17-9-3-10-18-23)24-19-11-4-12-20-24;1-5-21(6-2,19(22)15-7-11-17(24-3)12-8-15)20(23)16-9-13-18(25-4)14-10-16/h1-20H;7-14H,5-6H2,1-4H3. The summed E-state index contributed by atoms with van der Waals surface area (Å²) in [6, 6.07) is 58.4. The molecule has 6 heteroatoms. The van der Waals surface area contributed by atoms with Crippen molar-refractivity contribution in [3.8, 4) is 11.5 Å². The maximum absolute atomic E-state index is 13.3. The van der Waals surface area contributed by atoms with Gasteiger partial charge in [-0.1, -0.05) is 0 Å². The number of benzene rings is 6. The van der Waals surface area contributed by atoms with Crippen LogP contribution in [0.1, 0.15) is 34.6 Å². The number of ether oxygens (including phenoxy) is 2. The number of carbonyl (C=O) groups is 2. The average molecular weight is 782 g/mol. The Kier molecular flexibility index (Phi) is 12.7. The second kappa shape index (κ2) is 17.3. The zero-order valence-corrected chi connectivity index (χ0v) is 33.4. The Morgan fingerprint density at radius 3 is 0.900 bits per heavy atom. The first-order valence-corrected chi connectivity index (χ1v) is 26.3. The van der Waals surface area contributed by atoms with Gasteiger partial charge in [-0.25, -0.2) is 0 Å². The van der Waals surface area contributed by atoms with Crippen molar-refractivity contribution in [3.63, 3.8) is 0 Å². The molecular weight excluding hydrogens is 738 g/mol. The quantitative estimate of drug-likeness (QED) is 0.122. The number of hydrogen-bond donors (Lipinski definition) is 0. The van der Waals surface area contributed by atoms with Gasteiger partial charge in [0.2, 0.25) is 0 Å². The number of hydrogen-bond acceptors (Lipinski definition) is 4. The fourth-order valence-electron chi connectivity index (χ4n) is 6.79. The van der Waals surface area contributed by atoms with Crippen LogP contribution < -0.4 is 27.1 Å². The number of methoxy groups -OCH3 is 2. The van der Waals surface area contributed by atoms with Gasteiger partial charge in [-0.3, -0.25) is 0 Å². The summed E-state index contributed by atoms with van der Waals surface area (Å²) in [7, 11) is 3.18. The summed E-state index contributed by atoms with van der Waals surface area (Å²) in [4.78, 5) is 26.5. The zero-order chi connectivity index (χ0) is 35.4. The first-order valence-electron chi connectivity index (χ1n) is 17.0. The molecule has 0 bridgehead atoms. The number of carbonyl (C=O) groups excluding carboxylic acids is 2. The van der Waals surface area contributed by atoms with Crippen molar-refractivity contribution in [1.82, 2.24) is 0 Å². The molecule has 0 aliphatic rings. The monoisotopic (exact) mass is 784 g/mol. The topological polar surface area (TPSA) is 52.6 Å². The minimum atomic E-state index is -3.47. The van der Waals surface area contributed by atoms with E-state index in [1.165, 1.54) is 17.6 Å². The van der Waals surface area contributed by atoms with E-state index in [4.69, 9.17) is 9.47 Å². The molecule has 0 saturated heterocycles. The second-order valence-electron chi connectivity index (χ2n) is 12.1. The van der Waals surface area contributed by atoms with Gasteiger partial charge in [0.1, 0.15) is 0 Å². The van der Waals surface area contributed by atoms with Gasteiger partial charge in [-0.05, 0) is 0 Å². The first-order chi connectivity index (χ1) is 24.4. The van der Waals surface area contributed by atoms with Gasteiger partial charge in [0.15, 0.2) is 0 Å². The van der Waals surface area contributed by atoms with Crippen LogP contribution in [0.4, 0.5) is 0 Å².